The van der Waals surface area contributed by atoms with Gasteiger partial charge in [-0.15, -0.1) is 0 Å². The van der Waals surface area contributed by atoms with Crippen molar-refractivity contribution in [1.29, 1.82) is 0 Å². The third-order valence-corrected chi connectivity index (χ3v) is 13.2. The average molecular weight is 992 g/mol. The van der Waals surface area contributed by atoms with Gasteiger partial charge in [-0.05, 0) is 89.9 Å². The van der Waals surface area contributed by atoms with Gasteiger partial charge in [-0.2, -0.15) is 0 Å². The predicted molar refractivity (Wildman–Crippen MR) is 307 cm³/mol. The lowest BCUT2D eigenvalue weighted by molar-refractivity contribution is -0.167. The zero-order valence-corrected chi connectivity index (χ0v) is 47.0. The fourth-order valence-corrected chi connectivity index (χ4v) is 8.64. The van der Waals surface area contributed by atoms with Crippen LogP contribution in [-0.2, 0) is 28.6 Å². The molecule has 0 saturated heterocycles. The first-order valence-electron chi connectivity index (χ1n) is 30.4. The number of hydrogen-bond donors (Lipinski definition) is 0. The molecule has 0 aromatic heterocycles. The molecule has 0 radical (unpaired) electrons. The number of allylic oxidation sites excluding steroid dienone is 12. The fraction of sp³-hybridized carbons (Fsp3) is 0.769. The Kier molecular flexibility index (Phi) is 56.8. The van der Waals surface area contributed by atoms with E-state index in [4.69, 9.17) is 14.2 Å². The van der Waals surface area contributed by atoms with Gasteiger partial charge in [-0.1, -0.05) is 267 Å². The molecule has 0 saturated carbocycles. The van der Waals surface area contributed by atoms with Gasteiger partial charge < -0.3 is 14.2 Å². The van der Waals surface area contributed by atoms with Crippen LogP contribution in [0.2, 0.25) is 0 Å². The Morgan fingerprint density at radius 2 is 0.549 bits per heavy atom. The van der Waals surface area contributed by atoms with Gasteiger partial charge in [0.1, 0.15) is 13.2 Å². The number of unbranched alkanes of at least 4 members (excludes halogenated alkanes) is 32. The lowest BCUT2D eigenvalue weighted by Gasteiger charge is -2.18. The average Bonchev–Trinajstić information content (AvgIpc) is 3.37. The van der Waals surface area contributed by atoms with Gasteiger partial charge in [0, 0.05) is 19.3 Å². The molecule has 0 unspecified atom stereocenters. The Labute approximate surface area is 440 Å². The summed E-state index contributed by atoms with van der Waals surface area (Å²) in [4.78, 5) is 38.2. The van der Waals surface area contributed by atoms with Crippen molar-refractivity contribution in [1.82, 2.24) is 0 Å². The lowest BCUT2D eigenvalue weighted by Crippen LogP contribution is -2.30. The molecule has 6 nitrogen and oxygen atoms in total. The van der Waals surface area contributed by atoms with Gasteiger partial charge in [0.05, 0.1) is 0 Å². The van der Waals surface area contributed by atoms with Crippen molar-refractivity contribution in [3.63, 3.8) is 0 Å². The second-order valence-corrected chi connectivity index (χ2v) is 20.2. The van der Waals surface area contributed by atoms with E-state index in [0.717, 1.165) is 96.3 Å². The van der Waals surface area contributed by atoms with E-state index in [2.05, 4.69) is 93.7 Å². The Bertz CT molecular complexity index is 1320. The molecule has 0 fully saturated rings. The topological polar surface area (TPSA) is 78.9 Å². The lowest BCUT2D eigenvalue weighted by atomic mass is 10.0. The predicted octanol–water partition coefficient (Wildman–Crippen LogP) is 20.5. The summed E-state index contributed by atoms with van der Waals surface area (Å²) in [5.74, 6) is -0.911. The van der Waals surface area contributed by atoms with Gasteiger partial charge in [0.15, 0.2) is 6.10 Å². The van der Waals surface area contributed by atoms with Crippen LogP contribution in [0.1, 0.15) is 303 Å². The molecule has 71 heavy (non-hydrogen) atoms. The number of carbonyl (C=O) groups is 3. The van der Waals surface area contributed by atoms with Gasteiger partial charge in [0.25, 0.3) is 0 Å². The summed E-state index contributed by atoms with van der Waals surface area (Å²) in [5.41, 5.74) is 0. The fourth-order valence-electron chi connectivity index (χ4n) is 8.64. The highest BCUT2D eigenvalue weighted by Crippen LogP contribution is 2.16. The van der Waals surface area contributed by atoms with E-state index in [1.54, 1.807) is 0 Å². The largest absolute Gasteiger partial charge is 0.462 e. The van der Waals surface area contributed by atoms with E-state index in [9.17, 15) is 14.4 Å². The van der Waals surface area contributed by atoms with Gasteiger partial charge >= 0.3 is 17.9 Å². The summed E-state index contributed by atoms with van der Waals surface area (Å²) in [6.45, 7) is 6.53. The first-order valence-corrected chi connectivity index (χ1v) is 30.4. The number of carbonyl (C=O) groups excluding carboxylic acids is 3. The molecule has 0 bridgehead atoms. The third kappa shape index (κ3) is 57.6. The van der Waals surface area contributed by atoms with E-state index in [1.807, 2.05) is 0 Å². The highest BCUT2D eigenvalue weighted by atomic mass is 16.6. The Morgan fingerprint density at radius 3 is 0.887 bits per heavy atom. The molecule has 0 spiro atoms. The Balaban J connectivity index is 4.43. The molecule has 0 N–H and O–H groups in total. The van der Waals surface area contributed by atoms with Crippen molar-refractivity contribution in [2.45, 2.75) is 309 Å². The summed E-state index contributed by atoms with van der Waals surface area (Å²) in [7, 11) is 0. The SMILES string of the molecule is CC/C=C\C/C=C\C/C=C\C/C=C\C/C=C\CCCCCC(=O)O[C@H](COC(=O)CCCCCCCCC/C=C\CCCCCCCC)COC(=O)CCCCCCCCCCCCCCCCCCC. The van der Waals surface area contributed by atoms with Crippen molar-refractivity contribution >= 4 is 17.9 Å². The summed E-state index contributed by atoms with van der Waals surface area (Å²) in [6, 6.07) is 0. The molecule has 0 aliphatic rings. The molecular formula is C65H114O6. The number of esters is 3. The molecular weight excluding hydrogens is 877 g/mol. The number of hydrogen-bond acceptors (Lipinski definition) is 6. The molecule has 0 aromatic rings. The van der Waals surface area contributed by atoms with Crippen LogP contribution in [0, 0.1) is 0 Å². The summed E-state index contributed by atoms with van der Waals surface area (Å²) >= 11 is 0. The van der Waals surface area contributed by atoms with Crippen molar-refractivity contribution in [2.75, 3.05) is 13.2 Å². The quantitative estimate of drug-likeness (QED) is 0.0261. The van der Waals surface area contributed by atoms with Crippen LogP contribution in [0.5, 0.6) is 0 Å². The summed E-state index contributed by atoms with van der Waals surface area (Å²) in [6.07, 6.45) is 76.1. The second kappa shape index (κ2) is 59.4. The molecule has 0 aromatic carbocycles. The smallest absolute Gasteiger partial charge is 0.306 e. The van der Waals surface area contributed by atoms with Crippen molar-refractivity contribution in [2.24, 2.45) is 0 Å². The first-order chi connectivity index (χ1) is 35.0. The minimum Gasteiger partial charge on any atom is -0.462 e. The van der Waals surface area contributed by atoms with Gasteiger partial charge in [0.2, 0.25) is 0 Å². The van der Waals surface area contributed by atoms with Crippen LogP contribution in [-0.4, -0.2) is 37.2 Å². The minimum atomic E-state index is -0.794. The van der Waals surface area contributed by atoms with Gasteiger partial charge in [-0.3, -0.25) is 14.4 Å². The molecule has 0 aliphatic carbocycles. The van der Waals surface area contributed by atoms with E-state index in [0.29, 0.717) is 19.3 Å². The van der Waals surface area contributed by atoms with Crippen LogP contribution >= 0.6 is 0 Å². The second-order valence-electron chi connectivity index (χ2n) is 20.2. The van der Waals surface area contributed by atoms with E-state index >= 15 is 0 Å². The van der Waals surface area contributed by atoms with Crippen molar-refractivity contribution in [3.05, 3.63) is 72.9 Å². The molecule has 410 valence electrons. The number of rotatable bonds is 55. The van der Waals surface area contributed by atoms with E-state index in [1.165, 1.54) is 167 Å². The zero-order chi connectivity index (χ0) is 51.4. The highest BCUT2D eigenvalue weighted by molar-refractivity contribution is 5.71. The normalized spacial score (nSPS) is 12.5. The highest BCUT2D eigenvalue weighted by Gasteiger charge is 2.19. The summed E-state index contributed by atoms with van der Waals surface area (Å²) < 4.78 is 16.9. The van der Waals surface area contributed by atoms with E-state index in [-0.39, 0.29) is 31.1 Å². The van der Waals surface area contributed by atoms with Crippen LogP contribution in [0.15, 0.2) is 72.9 Å². The van der Waals surface area contributed by atoms with Crippen LogP contribution in [0.4, 0.5) is 0 Å². The van der Waals surface area contributed by atoms with Gasteiger partial charge in [-0.25, -0.2) is 0 Å². The third-order valence-electron chi connectivity index (χ3n) is 13.2. The van der Waals surface area contributed by atoms with Crippen LogP contribution < -0.4 is 0 Å². The maximum Gasteiger partial charge on any atom is 0.306 e. The molecule has 0 amide bonds. The molecule has 0 aliphatic heterocycles. The Morgan fingerprint density at radius 1 is 0.296 bits per heavy atom. The van der Waals surface area contributed by atoms with Crippen LogP contribution in [0.25, 0.3) is 0 Å². The number of ether oxygens (including phenoxy) is 3. The maximum absolute atomic E-state index is 12.9. The molecule has 0 rings (SSSR count). The Hall–Kier alpha value is -3.15. The molecule has 1 atom stereocenters. The van der Waals surface area contributed by atoms with Crippen molar-refractivity contribution < 1.29 is 28.6 Å². The minimum absolute atomic E-state index is 0.0875. The van der Waals surface area contributed by atoms with Crippen molar-refractivity contribution in [3.8, 4) is 0 Å². The monoisotopic (exact) mass is 991 g/mol. The molecule has 6 heteroatoms. The zero-order valence-electron chi connectivity index (χ0n) is 47.0. The summed E-state index contributed by atoms with van der Waals surface area (Å²) in [5, 5.41) is 0. The van der Waals surface area contributed by atoms with Crippen LogP contribution in [0.3, 0.4) is 0 Å². The standard InChI is InChI=1S/C65H114O6/c1-4-7-10-13-16-19-22-25-28-31-32-35-38-41-44-47-50-53-56-59-65(68)71-62(60-69-63(66)57-54-51-48-45-42-39-36-33-29-26-23-20-17-14-11-8-5-2)61-70-64(67)58-55-52-49-46-43-40-37-34-30-27-24-21-18-15-12-9-6-3/h7,10,16,19,25-26,28-29,32,35,41,44,62H,4-6,8-9,11-15,17-18,20-24,27,30-31,33-34,36-40,42-43,45-61H2,1-3H3/b10-7-,19-16-,28-25-,29-26-,35-32-,44-41-/t62-/m1/s1. The first kappa shape index (κ1) is 67.8. The maximum atomic E-state index is 12.9. The molecule has 0 heterocycles. The van der Waals surface area contributed by atoms with E-state index < -0.39 is 6.10 Å².